The number of carboxylic acids is 1. The maximum atomic E-state index is 11.4. The van der Waals surface area contributed by atoms with E-state index in [1.54, 1.807) is 6.92 Å². The first-order valence-electron chi connectivity index (χ1n) is 5.78. The van der Waals surface area contributed by atoms with Crippen LogP contribution in [0.15, 0.2) is 33.0 Å². The number of aromatic amines is 1. The van der Waals surface area contributed by atoms with Gasteiger partial charge in [-0.2, -0.15) is 0 Å². The normalized spacial score (nSPS) is 10.5. The van der Waals surface area contributed by atoms with Crippen LogP contribution in [-0.4, -0.2) is 30.8 Å². The molecule has 9 nitrogen and oxygen atoms in total. The summed E-state index contributed by atoms with van der Waals surface area (Å²) in [5, 5.41) is 26.2. The zero-order valence-electron chi connectivity index (χ0n) is 10.8. The highest BCUT2D eigenvalue weighted by Crippen LogP contribution is 2.33. The number of benzene rings is 1. The Hall–Kier alpha value is -2.62. The minimum atomic E-state index is -1.25. The van der Waals surface area contributed by atoms with Crippen LogP contribution in [0.3, 0.4) is 0 Å². The molecule has 0 saturated heterocycles. The van der Waals surface area contributed by atoms with Crippen LogP contribution in [0.1, 0.15) is 17.3 Å². The Labute approximate surface area is 121 Å². The van der Waals surface area contributed by atoms with Crippen LogP contribution in [0.5, 0.6) is 0 Å². The fraction of sp³-hybridized carbons (Fsp3) is 0.182. The molecule has 110 valence electrons. The quantitative estimate of drug-likeness (QED) is 0.629. The molecule has 21 heavy (non-hydrogen) atoms. The first kappa shape index (κ1) is 14.8. The Morgan fingerprint density at radius 1 is 1.57 bits per heavy atom. The van der Waals surface area contributed by atoms with Gasteiger partial charge in [0, 0.05) is 12.6 Å². The number of H-pyrrole nitrogens is 1. The van der Waals surface area contributed by atoms with Crippen LogP contribution >= 0.6 is 11.8 Å². The summed E-state index contributed by atoms with van der Waals surface area (Å²) in [6.07, 6.45) is 0. The molecule has 0 atom stereocenters. The van der Waals surface area contributed by atoms with E-state index >= 15 is 0 Å². The van der Waals surface area contributed by atoms with E-state index in [0.29, 0.717) is 6.54 Å². The van der Waals surface area contributed by atoms with Crippen molar-refractivity contribution in [2.75, 3.05) is 0 Å². The lowest BCUT2D eigenvalue weighted by atomic mass is 10.2. The maximum absolute atomic E-state index is 11.4. The van der Waals surface area contributed by atoms with Crippen molar-refractivity contribution in [3.63, 3.8) is 0 Å². The van der Waals surface area contributed by atoms with Gasteiger partial charge in [-0.1, -0.05) is 0 Å². The van der Waals surface area contributed by atoms with Gasteiger partial charge in [0.25, 0.3) is 5.69 Å². The highest BCUT2D eigenvalue weighted by molar-refractivity contribution is 7.99. The molecule has 2 aromatic rings. The third kappa shape index (κ3) is 2.94. The number of rotatable bonds is 5. The first-order valence-corrected chi connectivity index (χ1v) is 6.60. The second kappa shape index (κ2) is 5.79. The largest absolute Gasteiger partial charge is 0.478 e. The van der Waals surface area contributed by atoms with E-state index < -0.39 is 16.6 Å². The highest BCUT2D eigenvalue weighted by Gasteiger charge is 2.20. The number of hydrogen-bond donors (Lipinski definition) is 2. The molecular formula is C11H10N4O5S. The molecule has 0 aliphatic carbocycles. The smallest absolute Gasteiger partial charge is 0.343 e. The van der Waals surface area contributed by atoms with Gasteiger partial charge < -0.3 is 5.11 Å². The predicted molar refractivity (Wildman–Crippen MR) is 72.7 cm³/mol. The Balaban J connectivity index is 2.46. The van der Waals surface area contributed by atoms with E-state index in [-0.39, 0.29) is 21.3 Å². The molecule has 10 heteroatoms. The van der Waals surface area contributed by atoms with Crippen LogP contribution in [0.4, 0.5) is 5.69 Å². The van der Waals surface area contributed by atoms with Gasteiger partial charge in [0.2, 0.25) is 0 Å². The van der Waals surface area contributed by atoms with Gasteiger partial charge in [0.05, 0.1) is 15.4 Å². The highest BCUT2D eigenvalue weighted by atomic mass is 32.2. The van der Waals surface area contributed by atoms with E-state index in [1.165, 1.54) is 16.7 Å². The van der Waals surface area contributed by atoms with E-state index in [9.17, 15) is 19.7 Å². The second-order valence-corrected chi connectivity index (χ2v) is 4.91. The fourth-order valence-electron chi connectivity index (χ4n) is 1.64. The number of carbonyl (C=O) groups is 1. The molecule has 0 bridgehead atoms. The van der Waals surface area contributed by atoms with Gasteiger partial charge in [-0.25, -0.2) is 14.7 Å². The number of nitro groups is 1. The summed E-state index contributed by atoms with van der Waals surface area (Å²) in [5.41, 5.74) is -0.941. The van der Waals surface area contributed by atoms with Crippen molar-refractivity contribution in [1.82, 2.24) is 14.8 Å². The van der Waals surface area contributed by atoms with Crippen molar-refractivity contribution in [3.05, 3.63) is 44.4 Å². The van der Waals surface area contributed by atoms with Gasteiger partial charge >= 0.3 is 11.7 Å². The minimum Gasteiger partial charge on any atom is -0.478 e. The molecule has 2 N–H and O–H groups in total. The number of nitro benzene ring substituents is 1. The zero-order valence-corrected chi connectivity index (χ0v) is 11.6. The fourth-order valence-corrected chi connectivity index (χ4v) is 2.62. The summed E-state index contributed by atoms with van der Waals surface area (Å²) in [5.74, 6) is -1.25. The number of nitrogens with one attached hydrogen (secondary N) is 1. The molecule has 0 spiro atoms. The standard InChI is InChI=1S/C11H10N4O5S/c1-2-14-10(18)12-13-11(14)21-8-4-3-6(9(16)17)5-7(8)15(19)20/h3-5H,2H2,1H3,(H,12,18)(H,16,17). The van der Waals surface area contributed by atoms with Gasteiger partial charge in [0.15, 0.2) is 5.16 Å². The molecule has 0 unspecified atom stereocenters. The van der Waals surface area contributed by atoms with E-state index in [4.69, 9.17) is 5.11 Å². The lowest BCUT2D eigenvalue weighted by Crippen LogP contribution is -2.16. The summed E-state index contributed by atoms with van der Waals surface area (Å²) in [6.45, 7) is 2.10. The second-order valence-electron chi connectivity index (χ2n) is 3.90. The van der Waals surface area contributed by atoms with Crippen molar-refractivity contribution in [2.24, 2.45) is 0 Å². The third-order valence-electron chi connectivity index (χ3n) is 2.64. The van der Waals surface area contributed by atoms with E-state index in [0.717, 1.165) is 17.8 Å². The van der Waals surface area contributed by atoms with Crippen LogP contribution in [0, 0.1) is 10.1 Å². The Kier molecular flexibility index (Phi) is 4.08. The summed E-state index contributed by atoms with van der Waals surface area (Å²) < 4.78 is 1.32. The minimum absolute atomic E-state index is 0.180. The third-order valence-corrected chi connectivity index (χ3v) is 3.70. The number of carboxylic acid groups (broad SMARTS) is 1. The van der Waals surface area contributed by atoms with Crippen molar-refractivity contribution >= 4 is 23.4 Å². The monoisotopic (exact) mass is 310 g/mol. The summed E-state index contributed by atoms with van der Waals surface area (Å²) in [4.78, 5) is 32.9. The Bertz CT molecular complexity index is 766. The summed E-state index contributed by atoms with van der Waals surface area (Å²) in [6, 6.07) is 3.57. The average Bonchev–Trinajstić information content (AvgIpc) is 2.78. The molecule has 1 aromatic carbocycles. The Morgan fingerprint density at radius 3 is 2.86 bits per heavy atom. The molecule has 0 saturated carbocycles. The average molecular weight is 310 g/mol. The molecule has 0 radical (unpaired) electrons. The van der Waals surface area contributed by atoms with Gasteiger partial charge in [0.1, 0.15) is 0 Å². The van der Waals surface area contributed by atoms with Crippen molar-refractivity contribution in [3.8, 4) is 0 Å². The molecule has 0 fully saturated rings. The van der Waals surface area contributed by atoms with Gasteiger partial charge in [-0.15, -0.1) is 5.10 Å². The van der Waals surface area contributed by atoms with E-state index in [1.807, 2.05) is 0 Å². The van der Waals surface area contributed by atoms with Crippen LogP contribution in [0.2, 0.25) is 0 Å². The van der Waals surface area contributed by atoms with Crippen LogP contribution in [0.25, 0.3) is 0 Å². The SMILES string of the molecule is CCn1c(Sc2ccc(C(=O)O)cc2[N+](=O)[O-])n[nH]c1=O. The number of aromatic carboxylic acids is 1. The zero-order chi connectivity index (χ0) is 15.6. The first-order chi connectivity index (χ1) is 9.93. The van der Waals surface area contributed by atoms with Crippen molar-refractivity contribution < 1.29 is 14.8 Å². The predicted octanol–water partition coefficient (Wildman–Crippen LogP) is 1.35. The molecule has 2 rings (SSSR count). The van der Waals surface area contributed by atoms with Gasteiger partial charge in [-0.3, -0.25) is 14.7 Å². The number of nitrogens with zero attached hydrogens (tertiary/aromatic N) is 3. The van der Waals surface area contributed by atoms with Crippen LogP contribution in [-0.2, 0) is 6.54 Å². The van der Waals surface area contributed by atoms with E-state index in [2.05, 4.69) is 10.2 Å². The number of aromatic nitrogens is 3. The van der Waals surface area contributed by atoms with Crippen molar-refractivity contribution in [1.29, 1.82) is 0 Å². The van der Waals surface area contributed by atoms with Crippen LogP contribution < -0.4 is 5.69 Å². The molecule has 0 amide bonds. The number of hydrogen-bond acceptors (Lipinski definition) is 6. The molecular weight excluding hydrogens is 300 g/mol. The molecule has 1 heterocycles. The van der Waals surface area contributed by atoms with Crippen molar-refractivity contribution in [2.45, 2.75) is 23.5 Å². The van der Waals surface area contributed by atoms with Gasteiger partial charge in [-0.05, 0) is 30.8 Å². The summed E-state index contributed by atoms with van der Waals surface area (Å²) >= 11 is 0.921. The lowest BCUT2D eigenvalue weighted by Gasteiger charge is -2.04. The topological polar surface area (TPSA) is 131 Å². The Morgan fingerprint density at radius 2 is 2.29 bits per heavy atom. The maximum Gasteiger partial charge on any atom is 0.343 e. The lowest BCUT2D eigenvalue weighted by molar-refractivity contribution is -0.387. The molecule has 0 aliphatic rings. The molecule has 1 aromatic heterocycles. The molecule has 0 aliphatic heterocycles. The summed E-state index contributed by atoms with van der Waals surface area (Å²) in [7, 11) is 0.